The highest BCUT2D eigenvalue weighted by Crippen LogP contribution is 2.64. The Balaban J connectivity index is 1.55. The van der Waals surface area contributed by atoms with Gasteiger partial charge in [0.15, 0.2) is 0 Å². The number of carbonyl (C=O) groups is 1. The number of nitrogens with one attached hydrogen (secondary N) is 1. The van der Waals surface area contributed by atoms with Gasteiger partial charge in [0.2, 0.25) is 7.37 Å². The zero-order valence-electron chi connectivity index (χ0n) is 15.5. The van der Waals surface area contributed by atoms with E-state index in [0.29, 0.717) is 0 Å². The van der Waals surface area contributed by atoms with Crippen LogP contribution in [0.3, 0.4) is 0 Å². The van der Waals surface area contributed by atoms with Crippen LogP contribution in [0.25, 0.3) is 0 Å². The monoisotopic (exact) mass is 382 g/mol. The van der Waals surface area contributed by atoms with E-state index in [4.69, 9.17) is 4.62 Å². The smallest absolute Gasteiger partial charge is 0.290 e. The molecule has 0 spiro atoms. The average molecular weight is 382 g/mol. The van der Waals surface area contributed by atoms with E-state index in [1.807, 2.05) is 0 Å². The lowest BCUT2D eigenvalue weighted by Gasteiger charge is -2.40. The standard InChI is InChI=1S/C18H31N4O3P/c23-18-17-16(12-7-13-19-17)20-21-22(18)25-26(24,14-8-3-1-4-9-14)15-10-5-2-6-11-15/h14-17,19H,1-13H2. The van der Waals surface area contributed by atoms with Crippen molar-refractivity contribution in [3.63, 3.8) is 0 Å². The van der Waals surface area contributed by atoms with Crippen LogP contribution in [0, 0.1) is 0 Å². The average Bonchev–Trinajstić information content (AvgIpc) is 2.71. The first-order valence-electron chi connectivity index (χ1n) is 10.5. The summed E-state index contributed by atoms with van der Waals surface area (Å²) in [5.41, 5.74) is 0.138. The van der Waals surface area contributed by atoms with E-state index in [-0.39, 0.29) is 29.3 Å². The second-order valence-corrected chi connectivity index (χ2v) is 11.2. The molecule has 0 aromatic rings. The van der Waals surface area contributed by atoms with Crippen LogP contribution in [0.1, 0.15) is 77.0 Å². The van der Waals surface area contributed by atoms with Gasteiger partial charge < -0.3 is 5.32 Å². The van der Waals surface area contributed by atoms with Gasteiger partial charge in [-0.2, -0.15) is 9.74 Å². The number of nitrogens with zero attached hydrogens (tertiary/aromatic N) is 3. The van der Waals surface area contributed by atoms with E-state index in [9.17, 15) is 9.36 Å². The van der Waals surface area contributed by atoms with Crippen molar-refractivity contribution < 1.29 is 14.0 Å². The summed E-state index contributed by atoms with van der Waals surface area (Å²) in [4.78, 5) is 12.9. The molecule has 7 nitrogen and oxygen atoms in total. The summed E-state index contributed by atoms with van der Waals surface area (Å²) < 4.78 is 20.2. The van der Waals surface area contributed by atoms with Crippen LogP contribution in [-0.4, -0.2) is 41.0 Å². The molecule has 1 saturated heterocycles. The van der Waals surface area contributed by atoms with Gasteiger partial charge in [0.05, 0.1) is 6.04 Å². The second kappa shape index (κ2) is 8.07. The van der Waals surface area contributed by atoms with Gasteiger partial charge in [0.25, 0.3) is 5.91 Å². The molecule has 0 aromatic carbocycles. The minimum Gasteiger partial charge on any atom is -0.304 e. The molecule has 2 aliphatic carbocycles. The number of amides is 1. The summed E-state index contributed by atoms with van der Waals surface area (Å²) in [6.45, 7) is 0.805. The minimum atomic E-state index is -3.00. The van der Waals surface area contributed by atoms with Crippen LogP contribution < -0.4 is 5.32 Å². The molecule has 8 heteroatoms. The maximum Gasteiger partial charge on any atom is 0.290 e. The van der Waals surface area contributed by atoms with Gasteiger partial charge in [0, 0.05) is 11.3 Å². The van der Waals surface area contributed by atoms with Crippen molar-refractivity contribution in [3.05, 3.63) is 0 Å². The van der Waals surface area contributed by atoms with Crippen molar-refractivity contribution in [1.29, 1.82) is 0 Å². The number of fused-ring (bicyclic) bond motifs is 1. The Labute approximate surface area is 155 Å². The van der Waals surface area contributed by atoms with E-state index in [1.54, 1.807) is 0 Å². The number of hydrogen-bond acceptors (Lipinski definition) is 6. The molecule has 0 aromatic heterocycles. The summed E-state index contributed by atoms with van der Waals surface area (Å²) in [7, 11) is -3.00. The zero-order valence-corrected chi connectivity index (χ0v) is 16.4. The van der Waals surface area contributed by atoms with Crippen molar-refractivity contribution in [1.82, 2.24) is 10.5 Å². The van der Waals surface area contributed by atoms with Crippen LogP contribution in [-0.2, 0) is 14.0 Å². The van der Waals surface area contributed by atoms with Crippen molar-refractivity contribution in [2.24, 2.45) is 10.3 Å². The molecule has 2 heterocycles. The maximum absolute atomic E-state index is 14.2. The normalized spacial score (nSPS) is 31.8. The van der Waals surface area contributed by atoms with Gasteiger partial charge in [-0.1, -0.05) is 43.7 Å². The summed E-state index contributed by atoms with van der Waals surface area (Å²) >= 11 is 0. The predicted molar refractivity (Wildman–Crippen MR) is 99.0 cm³/mol. The van der Waals surface area contributed by atoms with E-state index < -0.39 is 7.37 Å². The molecule has 4 rings (SSSR count). The van der Waals surface area contributed by atoms with Crippen LogP contribution in [0.2, 0.25) is 0 Å². The lowest BCUT2D eigenvalue weighted by molar-refractivity contribution is -0.167. The lowest BCUT2D eigenvalue weighted by Crippen LogP contribution is -2.55. The molecule has 2 aliphatic heterocycles. The number of hydrogen-bond donors (Lipinski definition) is 1. The van der Waals surface area contributed by atoms with Gasteiger partial charge in [-0.25, -0.2) is 0 Å². The quantitative estimate of drug-likeness (QED) is 0.739. The number of piperidine rings is 1. The third-order valence-corrected chi connectivity index (χ3v) is 10.0. The third kappa shape index (κ3) is 3.63. The molecule has 3 fully saturated rings. The Kier molecular flexibility index (Phi) is 5.77. The summed E-state index contributed by atoms with van der Waals surface area (Å²) in [5.74, 6) is -0.225. The van der Waals surface area contributed by atoms with Crippen LogP contribution in [0.15, 0.2) is 10.3 Å². The topological polar surface area (TPSA) is 83.4 Å². The van der Waals surface area contributed by atoms with Crippen LogP contribution >= 0.6 is 7.37 Å². The van der Waals surface area contributed by atoms with Crippen LogP contribution in [0.5, 0.6) is 0 Å². The molecule has 0 bridgehead atoms. The van der Waals surface area contributed by atoms with Crippen molar-refractivity contribution in [2.45, 2.75) is 100 Å². The highest BCUT2D eigenvalue weighted by molar-refractivity contribution is 7.60. The van der Waals surface area contributed by atoms with E-state index in [1.165, 1.54) is 12.8 Å². The molecule has 1 N–H and O–H groups in total. The Bertz CT molecular complexity index is 565. The summed E-state index contributed by atoms with van der Waals surface area (Å²) in [6.07, 6.45) is 12.5. The van der Waals surface area contributed by atoms with Crippen molar-refractivity contribution in [3.8, 4) is 0 Å². The number of carbonyl (C=O) groups excluding carboxylic acids is 1. The Hall–Kier alpha value is -0.780. The van der Waals surface area contributed by atoms with Gasteiger partial charge >= 0.3 is 0 Å². The van der Waals surface area contributed by atoms with E-state index in [2.05, 4.69) is 15.7 Å². The number of rotatable bonds is 4. The summed E-state index contributed by atoms with van der Waals surface area (Å²) in [6, 6.07) is -0.493. The first kappa shape index (κ1) is 18.6. The third-order valence-electron chi connectivity index (χ3n) is 6.53. The summed E-state index contributed by atoms with van der Waals surface area (Å²) in [5, 5.41) is 12.5. The minimum absolute atomic E-state index is 0.0689. The molecule has 146 valence electrons. The van der Waals surface area contributed by atoms with Crippen molar-refractivity contribution in [2.75, 3.05) is 6.54 Å². The largest absolute Gasteiger partial charge is 0.304 e. The Morgan fingerprint density at radius 1 is 0.923 bits per heavy atom. The van der Waals surface area contributed by atoms with Crippen LogP contribution in [0.4, 0.5) is 0 Å². The fraction of sp³-hybridized carbons (Fsp3) is 0.944. The SMILES string of the molecule is O=C1C2NCCCC2N=NN1OP(=O)(C1CCCCC1)C1CCCCC1. The molecule has 2 saturated carbocycles. The van der Waals surface area contributed by atoms with Crippen molar-refractivity contribution >= 4 is 13.3 Å². The molecule has 4 aliphatic rings. The molecule has 2 unspecified atom stereocenters. The first-order valence-corrected chi connectivity index (χ1v) is 12.2. The van der Waals surface area contributed by atoms with Gasteiger partial charge in [-0.3, -0.25) is 9.36 Å². The molecule has 2 atom stereocenters. The fourth-order valence-corrected chi connectivity index (χ4v) is 8.40. The molecule has 26 heavy (non-hydrogen) atoms. The second-order valence-electron chi connectivity index (χ2n) is 8.27. The maximum atomic E-state index is 14.2. The van der Waals surface area contributed by atoms with E-state index in [0.717, 1.165) is 75.9 Å². The Morgan fingerprint density at radius 3 is 2.15 bits per heavy atom. The highest BCUT2D eigenvalue weighted by atomic mass is 31.2. The lowest BCUT2D eigenvalue weighted by atomic mass is 9.98. The number of hydroxylamine groups is 1. The highest BCUT2D eigenvalue weighted by Gasteiger charge is 2.48. The Morgan fingerprint density at radius 2 is 1.54 bits per heavy atom. The van der Waals surface area contributed by atoms with E-state index >= 15 is 0 Å². The fourth-order valence-electron chi connectivity index (χ4n) is 5.01. The molecule has 0 radical (unpaired) electrons. The van der Waals surface area contributed by atoms with Gasteiger partial charge in [-0.15, -0.1) is 0 Å². The molecular weight excluding hydrogens is 351 g/mol. The zero-order chi connectivity index (χ0) is 18.0. The molecule has 1 amide bonds. The first-order chi connectivity index (χ1) is 12.7. The van der Waals surface area contributed by atoms with Gasteiger partial charge in [-0.05, 0) is 50.3 Å². The predicted octanol–water partition coefficient (Wildman–Crippen LogP) is 4.19. The van der Waals surface area contributed by atoms with Gasteiger partial charge in [0.1, 0.15) is 6.04 Å². The molecular formula is C18H31N4O3P.